The average molecular weight is 349 g/mol. The van der Waals surface area contributed by atoms with Gasteiger partial charge in [0.1, 0.15) is 11.0 Å². The fourth-order valence-corrected chi connectivity index (χ4v) is 3.12. The number of carbonyl (C=O) groups excluding carboxylic acids is 2. The summed E-state index contributed by atoms with van der Waals surface area (Å²) in [5.41, 5.74) is 0.694. The predicted octanol–water partition coefficient (Wildman–Crippen LogP) is 2.47. The van der Waals surface area contributed by atoms with Crippen LogP contribution in [0, 0.1) is 5.92 Å². The third kappa shape index (κ3) is 5.56. The van der Waals surface area contributed by atoms with E-state index in [0.717, 1.165) is 6.42 Å². The van der Waals surface area contributed by atoms with Crippen LogP contribution in [0.4, 0.5) is 5.69 Å². The van der Waals surface area contributed by atoms with Crippen molar-refractivity contribution in [3.05, 3.63) is 24.3 Å². The van der Waals surface area contributed by atoms with Crippen LogP contribution in [-0.2, 0) is 9.59 Å². The molecule has 0 saturated carbocycles. The van der Waals surface area contributed by atoms with Gasteiger partial charge in [-0.3, -0.25) is 9.59 Å². The van der Waals surface area contributed by atoms with Gasteiger partial charge in [-0.15, -0.1) is 0 Å². The molecule has 0 aromatic heterocycles. The van der Waals surface area contributed by atoms with Crippen LogP contribution in [0.15, 0.2) is 29.3 Å². The van der Waals surface area contributed by atoms with E-state index < -0.39 is 5.25 Å². The summed E-state index contributed by atoms with van der Waals surface area (Å²) in [5.74, 6) is 0.954. The Balaban J connectivity index is 1.90. The lowest BCUT2D eigenvalue weighted by Gasteiger charge is -2.08. The van der Waals surface area contributed by atoms with Crippen molar-refractivity contribution in [3.8, 4) is 5.75 Å². The third-order valence-corrected chi connectivity index (χ3v) is 4.56. The van der Waals surface area contributed by atoms with Crippen LogP contribution >= 0.6 is 11.8 Å². The van der Waals surface area contributed by atoms with E-state index in [0.29, 0.717) is 29.1 Å². The van der Waals surface area contributed by atoms with Crippen molar-refractivity contribution in [2.75, 3.05) is 13.7 Å². The van der Waals surface area contributed by atoms with Gasteiger partial charge in [-0.1, -0.05) is 31.7 Å². The van der Waals surface area contributed by atoms with E-state index >= 15 is 0 Å². The number of nitrogens with one attached hydrogen (secondary N) is 2. The normalized spacial score (nSPS) is 18.8. The first-order valence-corrected chi connectivity index (χ1v) is 8.83. The number of thioether (sulfide) groups is 1. The number of rotatable bonds is 7. The molecule has 0 bridgehead atoms. The molecule has 130 valence electrons. The lowest BCUT2D eigenvalue weighted by Crippen LogP contribution is -2.32. The molecule has 1 aliphatic heterocycles. The van der Waals surface area contributed by atoms with Gasteiger partial charge in [-0.2, -0.15) is 0 Å². The quantitative estimate of drug-likeness (QED) is 0.792. The van der Waals surface area contributed by atoms with Crippen molar-refractivity contribution >= 4 is 34.4 Å². The topological polar surface area (TPSA) is 79.8 Å². The van der Waals surface area contributed by atoms with Crippen molar-refractivity contribution < 1.29 is 14.3 Å². The Morgan fingerprint density at radius 2 is 2.25 bits per heavy atom. The molecule has 0 spiro atoms. The molecule has 1 heterocycles. The van der Waals surface area contributed by atoms with Gasteiger partial charge < -0.3 is 15.4 Å². The highest BCUT2D eigenvalue weighted by Crippen LogP contribution is 2.26. The first kappa shape index (κ1) is 18.3. The van der Waals surface area contributed by atoms with Gasteiger partial charge in [0, 0.05) is 19.0 Å². The molecule has 1 aromatic rings. The Bertz CT molecular complexity index is 631. The molecule has 2 amide bonds. The van der Waals surface area contributed by atoms with Crippen molar-refractivity contribution in [1.82, 2.24) is 10.6 Å². The third-order valence-electron chi connectivity index (χ3n) is 3.48. The lowest BCUT2D eigenvalue weighted by atomic mass is 10.1. The van der Waals surface area contributed by atoms with Crippen LogP contribution in [-0.4, -0.2) is 35.9 Å². The van der Waals surface area contributed by atoms with Crippen molar-refractivity contribution in [1.29, 1.82) is 0 Å². The number of ether oxygens (including phenoxy) is 1. The molecule has 6 nitrogen and oxygen atoms in total. The number of carbonyl (C=O) groups is 2. The minimum absolute atomic E-state index is 0.106. The van der Waals surface area contributed by atoms with Gasteiger partial charge in [-0.05, 0) is 24.5 Å². The van der Waals surface area contributed by atoms with Crippen LogP contribution in [0.5, 0.6) is 5.75 Å². The summed E-state index contributed by atoms with van der Waals surface area (Å²) in [5, 5.41) is 5.65. The summed E-state index contributed by atoms with van der Waals surface area (Å²) in [4.78, 5) is 28.3. The first-order valence-electron chi connectivity index (χ1n) is 7.95. The number of hydrogen-bond donors (Lipinski definition) is 2. The van der Waals surface area contributed by atoms with Crippen LogP contribution < -0.4 is 15.4 Å². The van der Waals surface area contributed by atoms with Gasteiger partial charge in [0.05, 0.1) is 12.8 Å². The standard InChI is InChI=1S/C17H23N3O3S/c1-11(2)7-8-18-15(21)10-14-16(22)20-17(24-14)19-12-5-4-6-13(9-12)23-3/h4-6,9,11,14H,7-8,10H2,1-3H3,(H,18,21)(H,19,20,22)/t14-/m1/s1. The van der Waals surface area contributed by atoms with Gasteiger partial charge in [0.25, 0.3) is 0 Å². The molecule has 7 heteroatoms. The summed E-state index contributed by atoms with van der Waals surface area (Å²) in [6.07, 6.45) is 1.09. The van der Waals surface area contributed by atoms with E-state index in [1.165, 1.54) is 11.8 Å². The van der Waals surface area contributed by atoms with Crippen LogP contribution in [0.1, 0.15) is 26.7 Å². The molecular weight excluding hydrogens is 326 g/mol. The number of benzene rings is 1. The van der Waals surface area contributed by atoms with Crippen molar-refractivity contribution in [2.24, 2.45) is 10.9 Å². The highest BCUT2D eigenvalue weighted by molar-refractivity contribution is 8.15. The number of hydrogen-bond acceptors (Lipinski definition) is 5. The second-order valence-corrected chi connectivity index (χ2v) is 7.14. The molecule has 24 heavy (non-hydrogen) atoms. The average Bonchev–Trinajstić information content (AvgIpc) is 2.86. The smallest absolute Gasteiger partial charge is 0.240 e. The Morgan fingerprint density at radius 3 is 2.96 bits per heavy atom. The summed E-state index contributed by atoms with van der Waals surface area (Å²) in [6, 6.07) is 7.27. The molecule has 1 atom stereocenters. The molecule has 1 fully saturated rings. The fraction of sp³-hybridized carbons (Fsp3) is 0.471. The van der Waals surface area contributed by atoms with Crippen molar-refractivity contribution in [3.63, 3.8) is 0 Å². The first-order chi connectivity index (χ1) is 11.5. The van der Waals surface area contributed by atoms with E-state index in [4.69, 9.17) is 4.74 Å². The van der Waals surface area contributed by atoms with Crippen LogP contribution in [0.25, 0.3) is 0 Å². The Hall–Kier alpha value is -2.02. The molecule has 0 radical (unpaired) electrons. The molecule has 1 aromatic carbocycles. The molecule has 1 aliphatic rings. The minimum Gasteiger partial charge on any atom is -0.497 e. The number of amidine groups is 1. The Morgan fingerprint density at radius 1 is 1.46 bits per heavy atom. The summed E-state index contributed by atoms with van der Waals surface area (Å²) in [6.45, 7) is 4.85. The van der Waals surface area contributed by atoms with Gasteiger partial charge in [-0.25, -0.2) is 4.99 Å². The maximum absolute atomic E-state index is 12.0. The number of nitrogens with zero attached hydrogens (tertiary/aromatic N) is 1. The summed E-state index contributed by atoms with van der Waals surface area (Å²) in [7, 11) is 1.59. The van der Waals surface area contributed by atoms with Crippen molar-refractivity contribution in [2.45, 2.75) is 31.9 Å². The van der Waals surface area contributed by atoms with Gasteiger partial charge in [0.15, 0.2) is 5.17 Å². The second-order valence-electron chi connectivity index (χ2n) is 5.95. The van der Waals surface area contributed by atoms with E-state index in [1.54, 1.807) is 13.2 Å². The maximum atomic E-state index is 12.0. The number of amides is 2. The zero-order valence-electron chi connectivity index (χ0n) is 14.2. The lowest BCUT2D eigenvalue weighted by molar-refractivity contribution is -0.125. The SMILES string of the molecule is COc1cccc(N=C2NC(=O)[C@@H](CC(=O)NCCC(C)C)S2)c1. The van der Waals surface area contributed by atoms with E-state index in [1.807, 2.05) is 18.2 Å². The zero-order chi connectivity index (χ0) is 17.5. The summed E-state index contributed by atoms with van der Waals surface area (Å²) >= 11 is 1.28. The fourth-order valence-electron chi connectivity index (χ4n) is 2.13. The van der Waals surface area contributed by atoms with E-state index in [2.05, 4.69) is 29.5 Å². The van der Waals surface area contributed by atoms with E-state index in [-0.39, 0.29) is 18.2 Å². The molecular formula is C17H23N3O3S. The van der Waals surface area contributed by atoms with Crippen LogP contribution in [0.3, 0.4) is 0 Å². The highest BCUT2D eigenvalue weighted by Gasteiger charge is 2.32. The molecule has 2 rings (SSSR count). The van der Waals surface area contributed by atoms with Gasteiger partial charge >= 0.3 is 0 Å². The van der Waals surface area contributed by atoms with E-state index in [9.17, 15) is 9.59 Å². The summed E-state index contributed by atoms with van der Waals surface area (Å²) < 4.78 is 5.15. The minimum atomic E-state index is -0.437. The molecule has 1 saturated heterocycles. The maximum Gasteiger partial charge on any atom is 0.240 e. The zero-order valence-corrected chi connectivity index (χ0v) is 15.0. The highest BCUT2D eigenvalue weighted by atomic mass is 32.2. The number of aliphatic imine (C=N–C) groups is 1. The molecule has 0 aliphatic carbocycles. The molecule has 2 N–H and O–H groups in total. The number of methoxy groups -OCH3 is 1. The Labute approximate surface area is 146 Å². The monoisotopic (exact) mass is 349 g/mol. The van der Waals surface area contributed by atoms with Gasteiger partial charge in [0.2, 0.25) is 11.8 Å². The second kappa shape index (κ2) is 8.73. The largest absolute Gasteiger partial charge is 0.497 e. The molecule has 0 unspecified atom stereocenters. The Kier molecular flexibility index (Phi) is 6.66. The predicted molar refractivity (Wildman–Crippen MR) is 96.7 cm³/mol. The van der Waals surface area contributed by atoms with Crippen LogP contribution in [0.2, 0.25) is 0 Å².